The minimum absolute atomic E-state index is 0.0290. The monoisotopic (exact) mass is 337 g/mol. The molecule has 0 bridgehead atoms. The Kier molecular flexibility index (Phi) is 5.78. The molecule has 2 rings (SSSR count). The second-order valence-corrected chi connectivity index (χ2v) is 6.23. The van der Waals surface area contributed by atoms with Crippen molar-refractivity contribution in [2.24, 2.45) is 5.73 Å². The highest BCUT2D eigenvalue weighted by Crippen LogP contribution is 2.32. The second kappa shape index (κ2) is 7.80. The highest BCUT2D eigenvalue weighted by Gasteiger charge is 2.26. The molecule has 124 valence electrons. The molecule has 7 nitrogen and oxygen atoms in total. The van der Waals surface area contributed by atoms with Gasteiger partial charge in [-0.05, 0) is 25.1 Å². The van der Waals surface area contributed by atoms with Gasteiger partial charge in [0, 0.05) is 18.0 Å². The summed E-state index contributed by atoms with van der Waals surface area (Å²) in [5, 5.41) is 0. The summed E-state index contributed by atoms with van der Waals surface area (Å²) in [5.41, 5.74) is 5.86. The molecule has 1 aromatic heterocycles. The van der Waals surface area contributed by atoms with Crippen LogP contribution in [0.2, 0.25) is 0 Å². The van der Waals surface area contributed by atoms with Crippen molar-refractivity contribution in [1.82, 2.24) is 4.98 Å². The minimum atomic E-state index is -3.92. The maximum absolute atomic E-state index is 12.7. The lowest BCUT2D eigenvalue weighted by atomic mass is 10.3. The summed E-state index contributed by atoms with van der Waals surface area (Å²) in [6, 6.07) is 10.0. The predicted molar refractivity (Wildman–Crippen MR) is 87.2 cm³/mol. The van der Waals surface area contributed by atoms with Crippen molar-refractivity contribution in [3.63, 3.8) is 0 Å². The number of anilines is 1. The maximum atomic E-state index is 12.7. The van der Waals surface area contributed by atoms with Crippen molar-refractivity contribution >= 4 is 15.7 Å². The SMILES string of the molecule is COc1nccc(OCCCN)c1S(=O)(=O)Nc1ccccc1. The van der Waals surface area contributed by atoms with Crippen LogP contribution in [0.3, 0.4) is 0 Å². The van der Waals surface area contributed by atoms with Crippen molar-refractivity contribution in [1.29, 1.82) is 0 Å². The number of sulfonamides is 1. The Morgan fingerprint density at radius 3 is 2.61 bits per heavy atom. The van der Waals surface area contributed by atoms with Gasteiger partial charge in [-0.25, -0.2) is 13.4 Å². The summed E-state index contributed by atoms with van der Waals surface area (Å²) in [5.74, 6) is 0.146. The number of pyridine rings is 1. The number of aromatic nitrogens is 1. The van der Waals surface area contributed by atoms with E-state index in [2.05, 4.69) is 9.71 Å². The maximum Gasteiger partial charge on any atom is 0.271 e. The van der Waals surface area contributed by atoms with Crippen LogP contribution in [0.25, 0.3) is 0 Å². The average Bonchev–Trinajstić information content (AvgIpc) is 2.55. The van der Waals surface area contributed by atoms with E-state index in [1.54, 1.807) is 30.3 Å². The van der Waals surface area contributed by atoms with Gasteiger partial charge >= 0.3 is 0 Å². The molecule has 0 saturated carbocycles. The van der Waals surface area contributed by atoms with E-state index in [0.717, 1.165) is 0 Å². The Morgan fingerprint density at radius 2 is 1.96 bits per heavy atom. The molecule has 23 heavy (non-hydrogen) atoms. The summed E-state index contributed by atoms with van der Waals surface area (Å²) < 4.78 is 38.5. The third-order valence-corrected chi connectivity index (χ3v) is 4.35. The standard InChI is InChI=1S/C15H19N3O4S/c1-21-15-14(13(8-10-17-15)22-11-5-9-16)23(19,20)18-12-6-3-2-4-7-12/h2-4,6-8,10,18H,5,9,11,16H2,1H3. The largest absolute Gasteiger partial charge is 0.492 e. The fraction of sp³-hybridized carbons (Fsp3) is 0.267. The molecular formula is C15H19N3O4S. The van der Waals surface area contributed by atoms with Crippen molar-refractivity contribution in [2.75, 3.05) is 25.0 Å². The number of nitrogens with zero attached hydrogens (tertiary/aromatic N) is 1. The van der Waals surface area contributed by atoms with Crippen LogP contribution in [0.15, 0.2) is 47.5 Å². The Labute approximate surface area is 135 Å². The highest BCUT2D eigenvalue weighted by atomic mass is 32.2. The van der Waals surface area contributed by atoms with Gasteiger partial charge in [0.05, 0.1) is 13.7 Å². The van der Waals surface area contributed by atoms with Gasteiger partial charge in [0.1, 0.15) is 5.75 Å². The molecule has 0 unspecified atom stereocenters. The van der Waals surface area contributed by atoms with Crippen LogP contribution in [0, 0.1) is 0 Å². The first-order valence-electron chi connectivity index (χ1n) is 7.02. The fourth-order valence-corrected chi connectivity index (χ4v) is 3.20. The van der Waals surface area contributed by atoms with E-state index in [-0.39, 0.29) is 16.5 Å². The smallest absolute Gasteiger partial charge is 0.271 e. The lowest BCUT2D eigenvalue weighted by Gasteiger charge is -2.15. The Balaban J connectivity index is 2.38. The summed E-state index contributed by atoms with van der Waals surface area (Å²) >= 11 is 0. The Bertz CT molecular complexity index is 736. The van der Waals surface area contributed by atoms with Gasteiger partial charge in [-0.1, -0.05) is 18.2 Å². The molecule has 0 amide bonds. The molecule has 0 radical (unpaired) electrons. The first-order valence-corrected chi connectivity index (χ1v) is 8.50. The molecule has 0 aliphatic heterocycles. The van der Waals surface area contributed by atoms with Crippen molar-refractivity contribution < 1.29 is 17.9 Å². The van der Waals surface area contributed by atoms with E-state index < -0.39 is 10.0 Å². The van der Waals surface area contributed by atoms with Crippen LogP contribution in [-0.4, -0.2) is 33.7 Å². The van der Waals surface area contributed by atoms with E-state index >= 15 is 0 Å². The topological polar surface area (TPSA) is 104 Å². The van der Waals surface area contributed by atoms with Crippen LogP contribution in [0.5, 0.6) is 11.6 Å². The third-order valence-electron chi connectivity index (χ3n) is 2.93. The van der Waals surface area contributed by atoms with Crippen LogP contribution >= 0.6 is 0 Å². The van der Waals surface area contributed by atoms with E-state index in [4.69, 9.17) is 15.2 Å². The molecule has 0 spiro atoms. The number of ether oxygens (including phenoxy) is 2. The molecular weight excluding hydrogens is 318 g/mol. The number of para-hydroxylation sites is 1. The molecule has 0 atom stereocenters. The van der Waals surface area contributed by atoms with Crippen LogP contribution in [-0.2, 0) is 10.0 Å². The Morgan fingerprint density at radius 1 is 1.22 bits per heavy atom. The third kappa shape index (κ3) is 4.33. The van der Waals surface area contributed by atoms with E-state index in [1.165, 1.54) is 19.4 Å². The normalized spacial score (nSPS) is 11.0. The van der Waals surface area contributed by atoms with Gasteiger partial charge in [-0.3, -0.25) is 4.72 Å². The number of nitrogens with one attached hydrogen (secondary N) is 1. The number of benzene rings is 1. The molecule has 1 aromatic carbocycles. The molecule has 0 fully saturated rings. The van der Waals surface area contributed by atoms with Gasteiger partial charge in [0.15, 0.2) is 4.90 Å². The van der Waals surface area contributed by atoms with Gasteiger partial charge in [-0.2, -0.15) is 0 Å². The lowest BCUT2D eigenvalue weighted by Crippen LogP contribution is -2.17. The predicted octanol–water partition coefficient (Wildman–Crippen LogP) is 1.62. The first kappa shape index (κ1) is 17.0. The molecule has 8 heteroatoms. The molecule has 0 aliphatic rings. The Hall–Kier alpha value is -2.32. The van der Waals surface area contributed by atoms with Crippen LogP contribution in [0.4, 0.5) is 5.69 Å². The minimum Gasteiger partial charge on any atom is -0.492 e. The van der Waals surface area contributed by atoms with Gasteiger partial charge in [-0.15, -0.1) is 0 Å². The first-order chi connectivity index (χ1) is 11.1. The second-order valence-electron chi connectivity index (χ2n) is 4.61. The summed E-state index contributed by atoms with van der Waals surface area (Å²) in [6.07, 6.45) is 2.04. The fourth-order valence-electron chi connectivity index (χ4n) is 1.90. The number of hydrogen-bond donors (Lipinski definition) is 2. The number of rotatable bonds is 8. The zero-order valence-corrected chi connectivity index (χ0v) is 13.5. The highest BCUT2D eigenvalue weighted by molar-refractivity contribution is 7.93. The molecule has 3 N–H and O–H groups in total. The van der Waals surface area contributed by atoms with Crippen molar-refractivity contribution in [2.45, 2.75) is 11.3 Å². The average molecular weight is 337 g/mol. The number of nitrogens with two attached hydrogens (primary N) is 1. The van der Waals surface area contributed by atoms with Crippen LogP contribution < -0.4 is 19.9 Å². The van der Waals surface area contributed by atoms with Crippen molar-refractivity contribution in [3.05, 3.63) is 42.6 Å². The van der Waals surface area contributed by atoms with Gasteiger partial charge in [0.2, 0.25) is 5.88 Å². The number of methoxy groups -OCH3 is 1. The zero-order chi connectivity index (χ0) is 16.7. The van der Waals surface area contributed by atoms with Crippen LogP contribution in [0.1, 0.15) is 6.42 Å². The van der Waals surface area contributed by atoms with E-state index in [1.807, 2.05) is 0 Å². The zero-order valence-electron chi connectivity index (χ0n) is 12.7. The molecule has 0 aliphatic carbocycles. The summed E-state index contributed by atoms with van der Waals surface area (Å²) in [7, 11) is -2.56. The summed E-state index contributed by atoms with van der Waals surface area (Å²) in [6.45, 7) is 0.754. The van der Waals surface area contributed by atoms with Gasteiger partial charge in [0.25, 0.3) is 10.0 Å². The molecule has 1 heterocycles. The molecule has 0 saturated heterocycles. The quantitative estimate of drug-likeness (QED) is 0.710. The number of hydrogen-bond acceptors (Lipinski definition) is 6. The summed E-state index contributed by atoms with van der Waals surface area (Å²) in [4.78, 5) is 3.81. The van der Waals surface area contributed by atoms with Crippen molar-refractivity contribution in [3.8, 4) is 11.6 Å². The lowest BCUT2D eigenvalue weighted by molar-refractivity contribution is 0.297. The van der Waals surface area contributed by atoms with E-state index in [0.29, 0.717) is 25.3 Å². The van der Waals surface area contributed by atoms with Gasteiger partial charge < -0.3 is 15.2 Å². The van der Waals surface area contributed by atoms with E-state index in [9.17, 15) is 8.42 Å². The molecule has 2 aromatic rings.